The molecule has 2 aliphatic heterocycles. The molecule has 2 aromatic carbocycles. The lowest BCUT2D eigenvalue weighted by atomic mass is 10.1. The molecule has 0 bridgehead atoms. The lowest BCUT2D eigenvalue weighted by Crippen LogP contribution is -2.46. The van der Waals surface area contributed by atoms with Gasteiger partial charge in [-0.2, -0.15) is 0 Å². The van der Waals surface area contributed by atoms with E-state index in [-0.39, 0.29) is 24.6 Å². The molecule has 1 atom stereocenters. The number of hydrogen-bond acceptors (Lipinski definition) is 7. The van der Waals surface area contributed by atoms with Crippen molar-refractivity contribution in [2.75, 3.05) is 20.2 Å². The fourth-order valence-corrected chi connectivity index (χ4v) is 5.19. The summed E-state index contributed by atoms with van der Waals surface area (Å²) in [6.07, 6.45) is 1.25. The Hall–Kier alpha value is -4.01. The Morgan fingerprint density at radius 2 is 1.90 bits per heavy atom. The number of benzene rings is 2. The monoisotopic (exact) mass is 547 g/mol. The highest BCUT2D eigenvalue weighted by Gasteiger charge is 2.37. The van der Waals surface area contributed by atoms with Crippen molar-refractivity contribution in [3.63, 3.8) is 0 Å². The third-order valence-electron chi connectivity index (χ3n) is 6.92. The summed E-state index contributed by atoms with van der Waals surface area (Å²) in [5, 5.41) is 1.03. The van der Waals surface area contributed by atoms with Crippen LogP contribution in [0.4, 0.5) is 4.79 Å². The number of methoxy groups -OCH3 is 1. The van der Waals surface area contributed by atoms with Crippen molar-refractivity contribution >= 4 is 22.9 Å². The van der Waals surface area contributed by atoms with Crippen LogP contribution >= 0.6 is 0 Å². The third kappa shape index (κ3) is 5.93. The smallest absolute Gasteiger partial charge is 0.410 e. The molecule has 9 heteroatoms. The molecule has 0 unspecified atom stereocenters. The van der Waals surface area contributed by atoms with Gasteiger partial charge in [0.2, 0.25) is 11.5 Å². The Morgan fingerprint density at radius 1 is 1.12 bits per heavy atom. The molecule has 0 aliphatic carbocycles. The third-order valence-corrected chi connectivity index (χ3v) is 6.92. The molecule has 40 heavy (non-hydrogen) atoms. The van der Waals surface area contributed by atoms with Crippen molar-refractivity contribution in [2.24, 2.45) is 0 Å². The number of carbonyl (C=O) groups excluding carboxylic acids is 2. The van der Waals surface area contributed by atoms with E-state index in [9.17, 15) is 9.59 Å². The molecule has 2 aliphatic rings. The minimum atomic E-state index is -0.871. The lowest BCUT2D eigenvalue weighted by molar-refractivity contribution is -0.0439. The van der Waals surface area contributed by atoms with Gasteiger partial charge in [-0.25, -0.2) is 4.79 Å². The first-order chi connectivity index (χ1) is 18.9. The molecule has 3 heterocycles. The Morgan fingerprint density at radius 3 is 2.65 bits per heavy atom. The zero-order chi connectivity index (χ0) is 28.7. The van der Waals surface area contributed by atoms with E-state index in [1.54, 1.807) is 35.8 Å². The van der Waals surface area contributed by atoms with Crippen LogP contribution < -0.4 is 14.2 Å². The van der Waals surface area contributed by atoms with Crippen molar-refractivity contribution in [3.8, 4) is 17.2 Å². The number of carbonyl (C=O) groups is 2. The first-order valence-electron chi connectivity index (χ1n) is 13.7. The molecule has 2 amide bonds. The molecular formula is C31H37N3O6. The number of aromatic nitrogens is 1. The highest BCUT2D eigenvalue weighted by atomic mass is 16.7. The second kappa shape index (κ2) is 10.5. The van der Waals surface area contributed by atoms with Crippen LogP contribution in [0.2, 0.25) is 0 Å². The molecule has 1 fully saturated rings. The van der Waals surface area contributed by atoms with Crippen molar-refractivity contribution < 1.29 is 28.5 Å². The molecular weight excluding hydrogens is 510 g/mol. The predicted octanol–water partition coefficient (Wildman–Crippen LogP) is 5.79. The quantitative estimate of drug-likeness (QED) is 0.386. The summed E-state index contributed by atoms with van der Waals surface area (Å²) in [6.45, 7) is 10.3. The molecule has 212 valence electrons. The first-order valence-corrected chi connectivity index (χ1v) is 13.7. The predicted molar refractivity (Wildman–Crippen MR) is 151 cm³/mol. The summed E-state index contributed by atoms with van der Waals surface area (Å²) in [5.41, 5.74) is 1.41. The van der Waals surface area contributed by atoms with Crippen LogP contribution in [0.25, 0.3) is 10.9 Å². The van der Waals surface area contributed by atoms with E-state index in [2.05, 4.69) is 0 Å². The number of para-hydroxylation sites is 1. The number of amides is 2. The van der Waals surface area contributed by atoms with Crippen LogP contribution in [0.3, 0.4) is 0 Å². The summed E-state index contributed by atoms with van der Waals surface area (Å²) in [5.74, 6) is 0.252. The molecule has 0 radical (unpaired) electrons. The van der Waals surface area contributed by atoms with Crippen LogP contribution in [-0.2, 0) is 11.3 Å². The number of pyridine rings is 1. The molecule has 1 aromatic heterocycles. The van der Waals surface area contributed by atoms with Crippen molar-refractivity contribution in [2.45, 2.75) is 71.4 Å². The second-order valence-electron chi connectivity index (χ2n) is 11.8. The van der Waals surface area contributed by atoms with Crippen molar-refractivity contribution in [1.29, 1.82) is 0 Å². The number of rotatable bonds is 6. The fraction of sp³-hybridized carbons (Fsp3) is 0.452. The van der Waals surface area contributed by atoms with Gasteiger partial charge in [-0.05, 0) is 57.9 Å². The minimum Gasteiger partial charge on any atom is -0.493 e. The van der Waals surface area contributed by atoms with E-state index in [1.807, 2.05) is 57.2 Å². The summed E-state index contributed by atoms with van der Waals surface area (Å²) >= 11 is 0. The molecule has 3 aromatic rings. The Bertz CT molecular complexity index is 1430. The van der Waals surface area contributed by atoms with E-state index in [4.69, 9.17) is 23.9 Å². The number of hydrogen-bond donors (Lipinski definition) is 0. The highest BCUT2D eigenvalue weighted by molar-refractivity contribution is 5.96. The molecule has 0 saturated carbocycles. The van der Waals surface area contributed by atoms with E-state index >= 15 is 0 Å². The van der Waals surface area contributed by atoms with Crippen LogP contribution in [0.15, 0.2) is 48.5 Å². The molecule has 0 N–H and O–H groups in total. The van der Waals surface area contributed by atoms with Crippen LogP contribution in [0.5, 0.6) is 17.2 Å². The number of fused-ring (bicyclic) bond motifs is 2. The molecule has 0 spiro atoms. The van der Waals surface area contributed by atoms with Gasteiger partial charge in [0, 0.05) is 37.9 Å². The van der Waals surface area contributed by atoms with Crippen LogP contribution in [0.1, 0.15) is 63.5 Å². The second-order valence-corrected chi connectivity index (χ2v) is 11.8. The van der Waals surface area contributed by atoms with Gasteiger partial charge in [-0.3, -0.25) is 9.78 Å². The van der Waals surface area contributed by atoms with E-state index < -0.39 is 11.4 Å². The standard InChI is InChI=1S/C31H37N3O6/c1-30(2,3)40-29(36)34-15-9-11-23(34)19-33(18-22-14-13-20-10-7-8-12-24(20)32-22)28(35)21-16-25(37-6)27-26(17-21)38-31(4,5)39-27/h7-8,10,12-14,16-17,23H,9,11,15,18-19H2,1-6H3/t23-/m0/s1. The highest BCUT2D eigenvalue weighted by Crippen LogP contribution is 2.47. The Balaban J connectivity index is 1.47. The minimum absolute atomic E-state index is 0.186. The van der Waals surface area contributed by atoms with Gasteiger partial charge in [-0.15, -0.1) is 0 Å². The van der Waals surface area contributed by atoms with Gasteiger partial charge < -0.3 is 28.7 Å². The average Bonchev–Trinajstić information content (AvgIpc) is 3.48. The van der Waals surface area contributed by atoms with Gasteiger partial charge in [0.1, 0.15) is 5.60 Å². The SMILES string of the molecule is COc1cc(C(=O)N(Cc2ccc3ccccc3n2)C[C@@H]2CCCN2C(=O)OC(C)(C)C)cc2c1OC(C)(C)O2. The number of nitrogens with zero attached hydrogens (tertiary/aromatic N) is 3. The summed E-state index contributed by atoms with van der Waals surface area (Å²) in [4.78, 5) is 35.4. The summed E-state index contributed by atoms with van der Waals surface area (Å²) in [7, 11) is 1.53. The molecule has 9 nitrogen and oxygen atoms in total. The van der Waals surface area contributed by atoms with Crippen LogP contribution in [0, 0.1) is 0 Å². The van der Waals surface area contributed by atoms with Gasteiger partial charge in [-0.1, -0.05) is 24.3 Å². The number of likely N-dealkylation sites (tertiary alicyclic amines) is 1. The van der Waals surface area contributed by atoms with Gasteiger partial charge in [0.25, 0.3) is 5.91 Å². The van der Waals surface area contributed by atoms with E-state index in [1.165, 1.54) is 7.11 Å². The van der Waals surface area contributed by atoms with Gasteiger partial charge in [0.15, 0.2) is 11.5 Å². The zero-order valence-electron chi connectivity index (χ0n) is 24.0. The summed E-state index contributed by atoms with van der Waals surface area (Å²) in [6, 6.07) is 15.0. The van der Waals surface area contributed by atoms with Gasteiger partial charge >= 0.3 is 6.09 Å². The van der Waals surface area contributed by atoms with Gasteiger partial charge in [0.05, 0.1) is 30.9 Å². The van der Waals surface area contributed by atoms with Crippen LogP contribution in [-0.4, -0.2) is 64.4 Å². The largest absolute Gasteiger partial charge is 0.493 e. The first kappa shape index (κ1) is 27.6. The maximum atomic E-state index is 14.1. The van der Waals surface area contributed by atoms with Crippen molar-refractivity contribution in [3.05, 3.63) is 59.8 Å². The Labute approximate surface area is 235 Å². The lowest BCUT2D eigenvalue weighted by Gasteiger charge is -2.32. The van der Waals surface area contributed by atoms with E-state index in [0.717, 1.165) is 29.4 Å². The average molecular weight is 548 g/mol. The number of ether oxygens (including phenoxy) is 4. The fourth-order valence-electron chi connectivity index (χ4n) is 5.19. The summed E-state index contributed by atoms with van der Waals surface area (Å²) < 4.78 is 23.1. The normalized spacial score (nSPS) is 17.6. The zero-order valence-corrected chi connectivity index (χ0v) is 24.0. The molecule has 1 saturated heterocycles. The van der Waals surface area contributed by atoms with E-state index in [0.29, 0.717) is 35.9 Å². The molecule has 5 rings (SSSR count). The van der Waals surface area contributed by atoms with Crippen molar-refractivity contribution in [1.82, 2.24) is 14.8 Å². The topological polar surface area (TPSA) is 90.4 Å². The maximum absolute atomic E-state index is 14.1. The maximum Gasteiger partial charge on any atom is 0.410 e. The Kier molecular flexibility index (Phi) is 7.25.